The van der Waals surface area contributed by atoms with Crippen molar-refractivity contribution in [2.24, 2.45) is 5.92 Å². The Morgan fingerprint density at radius 1 is 1.00 bits per heavy atom. The summed E-state index contributed by atoms with van der Waals surface area (Å²) in [6.07, 6.45) is 2.24. The number of thioether (sulfide) groups is 1. The van der Waals surface area contributed by atoms with Crippen LogP contribution < -0.4 is 0 Å². The van der Waals surface area contributed by atoms with E-state index in [1.807, 2.05) is 13.8 Å². The van der Waals surface area contributed by atoms with Gasteiger partial charge in [-0.15, -0.1) is 11.8 Å². The van der Waals surface area contributed by atoms with Crippen LogP contribution in [0, 0.1) is 5.92 Å². The van der Waals surface area contributed by atoms with Crippen molar-refractivity contribution in [1.29, 1.82) is 0 Å². The molecule has 0 rings (SSSR count). The second-order valence-corrected chi connectivity index (χ2v) is 6.31. The number of ether oxygens (including phenoxy) is 3. The van der Waals surface area contributed by atoms with Gasteiger partial charge in [0.1, 0.15) is 5.25 Å². The maximum atomic E-state index is 11.0. The molecule has 0 amide bonds. The number of hydrogen-bond acceptors (Lipinski definition) is 5. The lowest BCUT2D eigenvalue weighted by atomic mass is 10.1. The largest absolute Gasteiger partial charge is 0.480 e. The predicted octanol–water partition coefficient (Wildman–Crippen LogP) is 2.68. The summed E-state index contributed by atoms with van der Waals surface area (Å²) in [5, 5.41) is 8.67. The molecule has 1 atom stereocenters. The van der Waals surface area contributed by atoms with Crippen LogP contribution in [0.15, 0.2) is 0 Å². The van der Waals surface area contributed by atoms with Gasteiger partial charge in [0.25, 0.3) is 0 Å². The monoisotopic (exact) mass is 322 g/mol. The fraction of sp³-hybridized carbons (Fsp3) is 0.933. The zero-order chi connectivity index (χ0) is 15.9. The van der Waals surface area contributed by atoms with Crippen LogP contribution in [0.3, 0.4) is 0 Å². The molecule has 0 aliphatic heterocycles. The Bertz CT molecular complexity index is 248. The fourth-order valence-corrected chi connectivity index (χ4v) is 2.57. The molecule has 0 aliphatic rings. The highest BCUT2D eigenvalue weighted by Gasteiger charge is 2.21. The highest BCUT2D eigenvalue weighted by atomic mass is 32.2. The van der Waals surface area contributed by atoms with E-state index >= 15 is 0 Å². The molecule has 0 saturated carbocycles. The summed E-state index contributed by atoms with van der Waals surface area (Å²) in [6.45, 7) is 9.64. The number of carboxylic acids is 1. The van der Waals surface area contributed by atoms with E-state index < -0.39 is 5.97 Å². The number of hydrogen-bond donors (Lipinski definition) is 1. The van der Waals surface area contributed by atoms with E-state index in [4.69, 9.17) is 19.3 Å². The van der Waals surface area contributed by atoms with Crippen molar-refractivity contribution >= 4 is 17.7 Å². The van der Waals surface area contributed by atoms with Crippen molar-refractivity contribution in [3.05, 3.63) is 0 Å². The maximum absolute atomic E-state index is 11.0. The number of unbranched alkanes of at least 4 members (excludes halogenated alkanes) is 1. The van der Waals surface area contributed by atoms with E-state index in [-0.39, 0.29) is 11.2 Å². The summed E-state index contributed by atoms with van der Waals surface area (Å²) in [7, 11) is 0. The lowest BCUT2D eigenvalue weighted by Crippen LogP contribution is -2.23. The predicted molar refractivity (Wildman–Crippen MR) is 86.1 cm³/mol. The standard InChI is InChI=1S/C15H30O5S/c1-4-5-6-18-7-8-19-9-10-20-11-12-21-14(13(2)3)15(16)17/h13-14H,4-12H2,1-3H3,(H,16,17). The molecule has 1 N–H and O–H groups in total. The average molecular weight is 322 g/mol. The van der Waals surface area contributed by atoms with Gasteiger partial charge in [-0.3, -0.25) is 4.79 Å². The Labute approximate surface area is 132 Å². The van der Waals surface area contributed by atoms with Crippen LogP contribution in [0.25, 0.3) is 0 Å². The van der Waals surface area contributed by atoms with Crippen molar-refractivity contribution in [3.63, 3.8) is 0 Å². The molecule has 5 nitrogen and oxygen atoms in total. The molecular formula is C15H30O5S. The Kier molecular flexibility index (Phi) is 14.4. The van der Waals surface area contributed by atoms with Gasteiger partial charge in [-0.2, -0.15) is 0 Å². The third-order valence-corrected chi connectivity index (χ3v) is 4.27. The van der Waals surface area contributed by atoms with E-state index in [1.165, 1.54) is 11.8 Å². The molecule has 0 fully saturated rings. The van der Waals surface area contributed by atoms with Gasteiger partial charge in [0.15, 0.2) is 0 Å². The van der Waals surface area contributed by atoms with Crippen LogP contribution in [0.1, 0.15) is 33.6 Å². The summed E-state index contributed by atoms with van der Waals surface area (Å²) < 4.78 is 16.1. The molecule has 0 aromatic rings. The molecule has 0 bridgehead atoms. The number of aliphatic carboxylic acids is 1. The number of rotatable bonds is 15. The molecule has 0 heterocycles. The molecule has 126 valence electrons. The van der Waals surface area contributed by atoms with Crippen molar-refractivity contribution in [1.82, 2.24) is 0 Å². The van der Waals surface area contributed by atoms with Crippen molar-refractivity contribution in [2.75, 3.05) is 45.4 Å². The lowest BCUT2D eigenvalue weighted by molar-refractivity contribution is -0.137. The molecule has 0 aliphatic carbocycles. The molecule has 0 radical (unpaired) electrons. The van der Waals surface area contributed by atoms with Gasteiger partial charge in [-0.25, -0.2) is 0 Å². The number of carbonyl (C=O) groups is 1. The highest BCUT2D eigenvalue weighted by Crippen LogP contribution is 2.19. The molecule has 0 aromatic heterocycles. The van der Waals surface area contributed by atoms with Crippen molar-refractivity contribution < 1.29 is 24.1 Å². The Morgan fingerprint density at radius 3 is 2.00 bits per heavy atom. The average Bonchev–Trinajstić information content (AvgIpc) is 2.43. The first kappa shape index (κ1) is 20.7. The smallest absolute Gasteiger partial charge is 0.316 e. The minimum atomic E-state index is -0.749. The van der Waals surface area contributed by atoms with Crippen LogP contribution in [-0.4, -0.2) is 61.7 Å². The summed E-state index contributed by atoms with van der Waals surface area (Å²) in [4.78, 5) is 11.0. The molecule has 0 aromatic carbocycles. The van der Waals surface area contributed by atoms with E-state index in [9.17, 15) is 4.79 Å². The second kappa shape index (κ2) is 14.6. The highest BCUT2D eigenvalue weighted by molar-refractivity contribution is 8.00. The first-order valence-electron chi connectivity index (χ1n) is 7.67. The van der Waals surface area contributed by atoms with Gasteiger partial charge in [0, 0.05) is 12.4 Å². The van der Waals surface area contributed by atoms with Gasteiger partial charge in [-0.1, -0.05) is 27.2 Å². The molecule has 1 unspecified atom stereocenters. The van der Waals surface area contributed by atoms with Crippen molar-refractivity contribution in [3.8, 4) is 0 Å². The maximum Gasteiger partial charge on any atom is 0.316 e. The Balaban J connectivity index is 3.27. The molecule has 21 heavy (non-hydrogen) atoms. The molecule has 0 saturated heterocycles. The zero-order valence-corrected chi connectivity index (χ0v) is 14.3. The van der Waals surface area contributed by atoms with Crippen molar-refractivity contribution in [2.45, 2.75) is 38.9 Å². The summed E-state index contributed by atoms with van der Waals surface area (Å²) in [6, 6.07) is 0. The third kappa shape index (κ3) is 13.1. The van der Waals surface area contributed by atoms with E-state index in [0.29, 0.717) is 38.8 Å². The van der Waals surface area contributed by atoms with Crippen LogP contribution in [-0.2, 0) is 19.0 Å². The first-order valence-corrected chi connectivity index (χ1v) is 8.72. The van der Waals surface area contributed by atoms with E-state index in [0.717, 1.165) is 19.4 Å². The number of carboxylic acid groups (broad SMARTS) is 1. The van der Waals surface area contributed by atoms with E-state index in [1.54, 1.807) is 0 Å². The zero-order valence-electron chi connectivity index (χ0n) is 13.5. The van der Waals surface area contributed by atoms with Gasteiger partial charge >= 0.3 is 5.97 Å². The van der Waals surface area contributed by atoms with Crippen LogP contribution >= 0.6 is 11.8 Å². The van der Waals surface area contributed by atoms with Gasteiger partial charge in [0.2, 0.25) is 0 Å². The second-order valence-electron chi connectivity index (χ2n) is 5.06. The summed E-state index contributed by atoms with van der Waals surface area (Å²) in [5.74, 6) is 0.0693. The topological polar surface area (TPSA) is 65.0 Å². The van der Waals surface area contributed by atoms with Gasteiger partial charge in [-0.05, 0) is 12.3 Å². The third-order valence-electron chi connectivity index (χ3n) is 2.76. The van der Waals surface area contributed by atoms with E-state index in [2.05, 4.69) is 6.92 Å². The normalized spacial score (nSPS) is 12.8. The van der Waals surface area contributed by atoms with Gasteiger partial charge < -0.3 is 19.3 Å². The minimum absolute atomic E-state index is 0.128. The quantitative estimate of drug-likeness (QED) is 0.468. The first-order chi connectivity index (χ1) is 10.1. The molecular weight excluding hydrogens is 292 g/mol. The van der Waals surface area contributed by atoms with Gasteiger partial charge in [0.05, 0.1) is 33.0 Å². The summed E-state index contributed by atoms with van der Waals surface area (Å²) in [5.41, 5.74) is 0. The Morgan fingerprint density at radius 2 is 1.52 bits per heavy atom. The molecule has 0 spiro atoms. The van der Waals surface area contributed by atoms with Crippen LogP contribution in [0.2, 0.25) is 0 Å². The fourth-order valence-electron chi connectivity index (χ4n) is 1.57. The minimum Gasteiger partial charge on any atom is -0.480 e. The Hall–Kier alpha value is -0.300. The summed E-state index contributed by atoms with van der Waals surface area (Å²) >= 11 is 1.43. The van der Waals surface area contributed by atoms with Crippen LogP contribution in [0.4, 0.5) is 0 Å². The SMILES string of the molecule is CCCCOCCOCCOCCSC(C(=O)O)C(C)C. The van der Waals surface area contributed by atoms with Crippen LogP contribution in [0.5, 0.6) is 0 Å². The lowest BCUT2D eigenvalue weighted by Gasteiger charge is -2.15. The molecule has 6 heteroatoms.